The maximum atomic E-state index is 13.6. The highest BCUT2D eigenvalue weighted by Gasteiger charge is 2.38. The number of rotatable bonds is 18. The van der Waals surface area contributed by atoms with Gasteiger partial charge in [-0.05, 0) is 63.0 Å². The standard InChI is InChI=1S/C30H48N8O6/c1-19(2)15-23(36-26(40)18-35-27(41)21(32)16-20-9-4-3-5-10-20)28(42)37-22(11-6-7-13-31)30(44)38-14-8-12-24(38)29(43)34-17-25(33)39/h3-5,9-10,19,21-24H,6-8,11-18,31-32H2,1-2H3,(H2,33,39)(H,34,43)(H,35,41)(H,36,40)(H,37,42)/t21-,22-,23-,24-/m0/s1. The summed E-state index contributed by atoms with van der Waals surface area (Å²) in [5.41, 5.74) is 17.7. The number of unbranched alkanes of at least 4 members (excludes halogenated alkanes) is 1. The van der Waals surface area contributed by atoms with Crippen LogP contribution in [0.4, 0.5) is 0 Å². The molecule has 6 amide bonds. The molecule has 1 aliphatic heterocycles. The summed E-state index contributed by atoms with van der Waals surface area (Å²) in [4.78, 5) is 77.5. The molecule has 10 N–H and O–H groups in total. The second-order valence-corrected chi connectivity index (χ2v) is 11.5. The van der Waals surface area contributed by atoms with E-state index in [1.807, 2.05) is 44.2 Å². The van der Waals surface area contributed by atoms with Crippen LogP contribution in [0.3, 0.4) is 0 Å². The van der Waals surface area contributed by atoms with Crippen LogP contribution in [-0.2, 0) is 35.2 Å². The smallest absolute Gasteiger partial charge is 0.245 e. The highest BCUT2D eigenvalue weighted by molar-refractivity contribution is 5.95. The molecule has 14 heteroatoms. The first-order valence-corrected chi connectivity index (χ1v) is 15.2. The molecule has 1 saturated heterocycles. The zero-order valence-corrected chi connectivity index (χ0v) is 25.7. The molecule has 1 heterocycles. The van der Waals surface area contributed by atoms with Crippen molar-refractivity contribution < 1.29 is 28.8 Å². The van der Waals surface area contributed by atoms with Crippen molar-refractivity contribution in [2.45, 2.75) is 83.0 Å². The van der Waals surface area contributed by atoms with E-state index in [1.54, 1.807) is 0 Å². The summed E-state index contributed by atoms with van der Waals surface area (Å²) in [5, 5.41) is 10.4. The molecule has 0 unspecified atom stereocenters. The molecule has 14 nitrogen and oxygen atoms in total. The number of nitrogens with one attached hydrogen (secondary N) is 4. The molecule has 0 aromatic heterocycles. The third kappa shape index (κ3) is 12.3. The third-order valence-corrected chi connectivity index (χ3v) is 7.25. The number of carbonyl (C=O) groups excluding carboxylic acids is 6. The highest BCUT2D eigenvalue weighted by atomic mass is 16.2. The van der Waals surface area contributed by atoms with Crippen LogP contribution >= 0.6 is 0 Å². The van der Waals surface area contributed by atoms with Crippen LogP contribution in [-0.4, -0.2) is 90.7 Å². The molecule has 4 atom stereocenters. The van der Waals surface area contributed by atoms with E-state index >= 15 is 0 Å². The summed E-state index contributed by atoms with van der Waals surface area (Å²) in [6.45, 7) is 3.78. The van der Waals surface area contributed by atoms with Crippen LogP contribution in [0.1, 0.15) is 57.9 Å². The van der Waals surface area contributed by atoms with Crippen molar-refractivity contribution in [1.82, 2.24) is 26.2 Å². The number of hydrogen-bond acceptors (Lipinski definition) is 8. The molecular weight excluding hydrogens is 568 g/mol. The molecule has 1 fully saturated rings. The topological polar surface area (TPSA) is 232 Å². The molecule has 2 rings (SSSR count). The minimum Gasteiger partial charge on any atom is -0.368 e. The first-order valence-electron chi connectivity index (χ1n) is 15.2. The predicted octanol–water partition coefficient (Wildman–Crippen LogP) is -1.59. The summed E-state index contributed by atoms with van der Waals surface area (Å²) in [7, 11) is 0. The summed E-state index contributed by atoms with van der Waals surface area (Å²) in [6.07, 6.45) is 3.03. The second-order valence-electron chi connectivity index (χ2n) is 11.5. The molecule has 0 saturated carbocycles. The van der Waals surface area contributed by atoms with Gasteiger partial charge in [-0.15, -0.1) is 0 Å². The van der Waals surface area contributed by atoms with E-state index in [0.29, 0.717) is 45.2 Å². The van der Waals surface area contributed by atoms with Crippen LogP contribution in [0, 0.1) is 5.92 Å². The summed E-state index contributed by atoms with van der Waals surface area (Å²) < 4.78 is 0. The van der Waals surface area contributed by atoms with Gasteiger partial charge in [0, 0.05) is 6.54 Å². The maximum absolute atomic E-state index is 13.6. The van der Waals surface area contributed by atoms with Gasteiger partial charge in [-0.25, -0.2) is 0 Å². The Labute approximate surface area is 258 Å². The molecule has 1 aliphatic rings. The molecule has 0 spiro atoms. The van der Waals surface area contributed by atoms with Crippen LogP contribution in [0.25, 0.3) is 0 Å². The lowest BCUT2D eigenvalue weighted by Gasteiger charge is -2.30. The number of likely N-dealkylation sites (tertiary alicyclic amines) is 1. The van der Waals surface area contributed by atoms with Crippen molar-refractivity contribution in [2.24, 2.45) is 23.1 Å². The van der Waals surface area contributed by atoms with Crippen molar-refractivity contribution in [2.75, 3.05) is 26.2 Å². The van der Waals surface area contributed by atoms with Crippen molar-refractivity contribution >= 4 is 35.4 Å². The molecule has 1 aromatic rings. The van der Waals surface area contributed by atoms with Gasteiger partial charge in [0.15, 0.2) is 0 Å². The fourth-order valence-electron chi connectivity index (χ4n) is 5.03. The predicted molar refractivity (Wildman–Crippen MR) is 164 cm³/mol. The Morgan fingerprint density at radius 3 is 2.27 bits per heavy atom. The van der Waals surface area contributed by atoms with E-state index in [4.69, 9.17) is 17.2 Å². The van der Waals surface area contributed by atoms with Crippen molar-refractivity contribution in [3.05, 3.63) is 35.9 Å². The molecule has 0 aliphatic carbocycles. The Morgan fingerprint density at radius 2 is 1.64 bits per heavy atom. The van der Waals surface area contributed by atoms with Crippen molar-refractivity contribution in [3.63, 3.8) is 0 Å². The number of benzene rings is 1. The summed E-state index contributed by atoms with van der Waals surface area (Å²) in [6, 6.07) is 5.67. The number of amides is 6. The number of nitrogens with two attached hydrogens (primary N) is 3. The Kier molecular flexibility index (Phi) is 15.3. The third-order valence-electron chi connectivity index (χ3n) is 7.25. The first-order chi connectivity index (χ1) is 20.9. The average molecular weight is 617 g/mol. The quantitative estimate of drug-likeness (QED) is 0.0948. The number of carbonyl (C=O) groups is 6. The lowest BCUT2D eigenvalue weighted by atomic mass is 10.0. The minimum absolute atomic E-state index is 0.0169. The van der Waals surface area contributed by atoms with Gasteiger partial charge >= 0.3 is 0 Å². The summed E-state index contributed by atoms with van der Waals surface area (Å²) >= 11 is 0. The Bertz CT molecular complexity index is 1130. The lowest BCUT2D eigenvalue weighted by Crippen LogP contribution is -2.57. The first kappa shape index (κ1) is 36.2. The Hall–Kier alpha value is -4.04. The van der Waals surface area contributed by atoms with E-state index in [-0.39, 0.29) is 31.8 Å². The van der Waals surface area contributed by atoms with Crippen LogP contribution in [0.15, 0.2) is 30.3 Å². The van der Waals surface area contributed by atoms with Gasteiger partial charge < -0.3 is 43.4 Å². The molecule has 0 bridgehead atoms. The maximum Gasteiger partial charge on any atom is 0.245 e. The van der Waals surface area contributed by atoms with E-state index < -0.39 is 59.6 Å². The Morgan fingerprint density at radius 1 is 0.932 bits per heavy atom. The van der Waals surface area contributed by atoms with E-state index in [2.05, 4.69) is 21.3 Å². The van der Waals surface area contributed by atoms with Crippen LogP contribution in [0.2, 0.25) is 0 Å². The molecule has 244 valence electrons. The van der Waals surface area contributed by atoms with E-state index in [0.717, 1.165) is 5.56 Å². The van der Waals surface area contributed by atoms with Crippen LogP contribution < -0.4 is 38.5 Å². The van der Waals surface area contributed by atoms with Gasteiger partial charge in [-0.3, -0.25) is 28.8 Å². The second kappa shape index (κ2) is 18.6. The molecule has 44 heavy (non-hydrogen) atoms. The van der Waals surface area contributed by atoms with Gasteiger partial charge in [-0.1, -0.05) is 44.2 Å². The van der Waals surface area contributed by atoms with Gasteiger partial charge in [0.1, 0.15) is 18.1 Å². The van der Waals surface area contributed by atoms with Gasteiger partial charge in [0.2, 0.25) is 35.4 Å². The number of nitrogens with zero attached hydrogens (tertiary/aromatic N) is 1. The monoisotopic (exact) mass is 616 g/mol. The largest absolute Gasteiger partial charge is 0.368 e. The zero-order valence-electron chi connectivity index (χ0n) is 25.7. The Balaban J connectivity index is 2.05. The van der Waals surface area contributed by atoms with Gasteiger partial charge in [-0.2, -0.15) is 0 Å². The highest BCUT2D eigenvalue weighted by Crippen LogP contribution is 2.20. The fraction of sp³-hybridized carbons (Fsp3) is 0.600. The SMILES string of the molecule is CC(C)C[C@H](NC(=O)CNC(=O)[C@@H](N)Cc1ccccc1)C(=O)N[C@@H](CCCCN)C(=O)N1CCC[C@H]1C(=O)NCC(N)=O. The van der Waals surface area contributed by atoms with Crippen molar-refractivity contribution in [3.8, 4) is 0 Å². The lowest BCUT2D eigenvalue weighted by molar-refractivity contribution is -0.142. The van der Waals surface area contributed by atoms with Crippen LogP contribution in [0.5, 0.6) is 0 Å². The van der Waals surface area contributed by atoms with E-state index in [1.165, 1.54) is 4.90 Å². The number of primary amides is 1. The molecule has 0 radical (unpaired) electrons. The van der Waals surface area contributed by atoms with Gasteiger partial charge in [0.25, 0.3) is 0 Å². The average Bonchev–Trinajstić information content (AvgIpc) is 3.48. The minimum atomic E-state index is -0.976. The normalized spacial score (nSPS) is 16.5. The van der Waals surface area contributed by atoms with E-state index in [9.17, 15) is 28.8 Å². The fourth-order valence-corrected chi connectivity index (χ4v) is 5.03. The van der Waals surface area contributed by atoms with Gasteiger partial charge in [0.05, 0.1) is 19.1 Å². The molecular formula is C30H48N8O6. The van der Waals surface area contributed by atoms with Crippen molar-refractivity contribution in [1.29, 1.82) is 0 Å². The molecule has 1 aromatic carbocycles. The summed E-state index contributed by atoms with van der Waals surface area (Å²) in [5.74, 6) is -3.24. The number of hydrogen-bond donors (Lipinski definition) is 7. The zero-order chi connectivity index (χ0) is 32.6.